The van der Waals surface area contributed by atoms with Crippen molar-refractivity contribution in [1.82, 2.24) is 14.9 Å². The number of hydrogen-bond acceptors (Lipinski definition) is 3. The molecule has 0 spiro atoms. The largest absolute Gasteiger partial charge is 0.351 e. The number of rotatable bonds is 6. The SMILES string of the molecule is CCC(=O)Nc1ccc(N2C(=S)N[C@@H](c3ccccn3)[C@@H]2c2cccn2-c2ccc(C)c(C)c2)cc1C. The molecule has 0 bridgehead atoms. The summed E-state index contributed by atoms with van der Waals surface area (Å²) >= 11 is 5.92. The molecule has 2 atom stereocenters. The summed E-state index contributed by atoms with van der Waals surface area (Å²) in [6.07, 6.45) is 4.35. The predicted octanol–water partition coefficient (Wildman–Crippen LogP) is 6.32. The number of nitrogens with zero attached hydrogens (tertiary/aromatic N) is 3. The van der Waals surface area contributed by atoms with Crippen LogP contribution in [0.15, 0.2) is 79.1 Å². The van der Waals surface area contributed by atoms with Crippen molar-refractivity contribution in [2.24, 2.45) is 0 Å². The molecule has 2 N–H and O–H groups in total. The van der Waals surface area contributed by atoms with Gasteiger partial charge in [0.15, 0.2) is 5.11 Å². The highest BCUT2D eigenvalue weighted by atomic mass is 32.1. The van der Waals surface area contributed by atoms with Crippen molar-refractivity contribution in [1.29, 1.82) is 0 Å². The van der Waals surface area contributed by atoms with Crippen molar-refractivity contribution in [3.63, 3.8) is 0 Å². The van der Waals surface area contributed by atoms with E-state index in [1.807, 2.05) is 50.4 Å². The van der Waals surface area contributed by atoms with Crippen LogP contribution in [-0.2, 0) is 4.79 Å². The topological polar surface area (TPSA) is 62.2 Å². The maximum atomic E-state index is 12.0. The summed E-state index contributed by atoms with van der Waals surface area (Å²) in [6.45, 7) is 8.12. The first-order valence-electron chi connectivity index (χ1n) is 12.5. The second-order valence-corrected chi connectivity index (χ2v) is 9.86. The quantitative estimate of drug-likeness (QED) is 0.298. The third-order valence-corrected chi connectivity index (χ3v) is 7.35. The summed E-state index contributed by atoms with van der Waals surface area (Å²) < 4.78 is 2.23. The third-order valence-electron chi connectivity index (χ3n) is 7.03. The maximum absolute atomic E-state index is 12.0. The highest BCUT2D eigenvalue weighted by Gasteiger charge is 2.42. The Balaban J connectivity index is 1.62. The second-order valence-electron chi connectivity index (χ2n) is 9.47. The fraction of sp³-hybridized carbons (Fsp3) is 0.233. The standard InChI is InChI=1S/C30H31N5OS/c1-5-27(36)32-24-14-13-23(18-21(24)4)35-29(28(33-30(35)37)25-9-6-7-15-31-25)26-10-8-16-34(26)22-12-11-19(2)20(3)17-22/h6-18,28-29H,5H2,1-4H3,(H,32,36)(H,33,37)/t28-,29-/m0/s1. The number of thiocarbonyl (C=S) groups is 1. The second kappa shape index (κ2) is 10.2. The monoisotopic (exact) mass is 509 g/mol. The van der Waals surface area contributed by atoms with Gasteiger partial charge in [-0.3, -0.25) is 9.78 Å². The van der Waals surface area contributed by atoms with Crippen LogP contribution < -0.4 is 15.5 Å². The van der Waals surface area contributed by atoms with E-state index in [9.17, 15) is 4.79 Å². The third kappa shape index (κ3) is 4.74. The molecule has 0 saturated carbocycles. The summed E-state index contributed by atoms with van der Waals surface area (Å²) in [5.41, 5.74) is 8.39. The molecule has 1 amide bonds. The zero-order valence-electron chi connectivity index (χ0n) is 21.5. The molecule has 5 rings (SSSR count). The number of benzene rings is 2. The lowest BCUT2D eigenvalue weighted by Gasteiger charge is -2.29. The first kappa shape index (κ1) is 24.7. The number of carbonyl (C=O) groups is 1. The molecule has 1 saturated heterocycles. The lowest BCUT2D eigenvalue weighted by atomic mass is 10.00. The molecule has 7 heteroatoms. The van der Waals surface area contributed by atoms with Gasteiger partial charge < -0.3 is 20.1 Å². The van der Waals surface area contributed by atoms with Crippen molar-refractivity contribution in [2.75, 3.05) is 10.2 Å². The molecule has 0 radical (unpaired) electrons. The lowest BCUT2D eigenvalue weighted by Crippen LogP contribution is -2.30. The lowest BCUT2D eigenvalue weighted by molar-refractivity contribution is -0.115. The molecular weight excluding hydrogens is 478 g/mol. The minimum atomic E-state index is -0.145. The smallest absolute Gasteiger partial charge is 0.224 e. The highest BCUT2D eigenvalue weighted by Crippen LogP contribution is 2.43. The van der Waals surface area contributed by atoms with Gasteiger partial charge in [-0.05, 0) is 104 Å². The zero-order valence-corrected chi connectivity index (χ0v) is 22.3. The molecule has 1 aliphatic heterocycles. The van der Waals surface area contributed by atoms with Crippen LogP contribution in [0.3, 0.4) is 0 Å². The van der Waals surface area contributed by atoms with Gasteiger partial charge in [0, 0.05) is 41.6 Å². The summed E-state index contributed by atoms with van der Waals surface area (Å²) in [5.74, 6) is -0.00600. The van der Waals surface area contributed by atoms with Crippen LogP contribution in [0.25, 0.3) is 5.69 Å². The van der Waals surface area contributed by atoms with E-state index in [4.69, 9.17) is 12.2 Å². The Morgan fingerprint density at radius 3 is 2.46 bits per heavy atom. The Kier molecular flexibility index (Phi) is 6.80. The maximum Gasteiger partial charge on any atom is 0.224 e. The zero-order chi connectivity index (χ0) is 26.1. The van der Waals surface area contributed by atoms with Gasteiger partial charge in [0.2, 0.25) is 5.91 Å². The number of pyridine rings is 1. The molecule has 3 heterocycles. The van der Waals surface area contributed by atoms with Crippen LogP contribution in [0.4, 0.5) is 11.4 Å². The number of nitrogens with one attached hydrogen (secondary N) is 2. The molecule has 6 nitrogen and oxygen atoms in total. The Labute approximate surface area is 223 Å². The van der Waals surface area contributed by atoms with Gasteiger partial charge in [-0.1, -0.05) is 19.1 Å². The van der Waals surface area contributed by atoms with Gasteiger partial charge in [0.25, 0.3) is 0 Å². The summed E-state index contributed by atoms with van der Waals surface area (Å²) in [5, 5.41) is 7.16. The van der Waals surface area contributed by atoms with Crippen LogP contribution in [0.2, 0.25) is 0 Å². The highest BCUT2D eigenvalue weighted by molar-refractivity contribution is 7.80. The molecule has 0 unspecified atom stereocenters. The van der Waals surface area contributed by atoms with Gasteiger partial charge in [-0.2, -0.15) is 0 Å². The first-order chi connectivity index (χ1) is 17.9. The molecule has 2 aromatic carbocycles. The van der Waals surface area contributed by atoms with E-state index in [2.05, 4.69) is 81.5 Å². The predicted molar refractivity (Wildman–Crippen MR) is 153 cm³/mol. The Bertz CT molecular complexity index is 1460. The summed E-state index contributed by atoms with van der Waals surface area (Å²) in [6, 6.07) is 22.5. The van der Waals surface area contributed by atoms with Gasteiger partial charge in [0.05, 0.1) is 11.7 Å². The van der Waals surface area contributed by atoms with Crippen molar-refractivity contribution < 1.29 is 4.79 Å². The number of aromatic nitrogens is 2. The average molecular weight is 510 g/mol. The minimum Gasteiger partial charge on any atom is -0.351 e. The van der Waals surface area contributed by atoms with Crippen LogP contribution in [0.5, 0.6) is 0 Å². The van der Waals surface area contributed by atoms with E-state index < -0.39 is 0 Å². The van der Waals surface area contributed by atoms with Crippen LogP contribution in [0, 0.1) is 20.8 Å². The molecule has 4 aromatic rings. The van der Waals surface area contributed by atoms with E-state index in [0.29, 0.717) is 11.5 Å². The normalized spacial score (nSPS) is 17.1. The Morgan fingerprint density at radius 1 is 0.973 bits per heavy atom. The number of carbonyl (C=O) groups excluding carboxylic acids is 1. The molecular formula is C30H31N5OS. The molecule has 2 aromatic heterocycles. The van der Waals surface area contributed by atoms with Crippen molar-refractivity contribution in [3.8, 4) is 5.69 Å². The average Bonchev–Trinajstić information content (AvgIpc) is 3.51. The van der Waals surface area contributed by atoms with E-state index in [1.165, 1.54) is 11.1 Å². The Morgan fingerprint density at radius 2 is 1.76 bits per heavy atom. The van der Waals surface area contributed by atoms with Gasteiger partial charge >= 0.3 is 0 Å². The number of anilines is 2. The van der Waals surface area contributed by atoms with Crippen LogP contribution in [0.1, 0.15) is 53.5 Å². The van der Waals surface area contributed by atoms with Gasteiger partial charge in [-0.15, -0.1) is 0 Å². The summed E-state index contributed by atoms with van der Waals surface area (Å²) in [7, 11) is 0. The first-order valence-corrected chi connectivity index (χ1v) is 12.9. The number of hydrogen-bond donors (Lipinski definition) is 2. The number of amides is 1. The fourth-order valence-electron chi connectivity index (χ4n) is 4.86. The molecule has 37 heavy (non-hydrogen) atoms. The molecule has 188 valence electrons. The van der Waals surface area contributed by atoms with Gasteiger partial charge in [0.1, 0.15) is 6.04 Å². The number of aryl methyl sites for hydroxylation is 3. The van der Waals surface area contributed by atoms with Gasteiger partial charge in [-0.25, -0.2) is 0 Å². The molecule has 0 aliphatic carbocycles. The van der Waals surface area contributed by atoms with Crippen molar-refractivity contribution >= 4 is 34.6 Å². The van der Waals surface area contributed by atoms with Crippen LogP contribution in [-0.4, -0.2) is 20.6 Å². The van der Waals surface area contributed by atoms with E-state index >= 15 is 0 Å². The van der Waals surface area contributed by atoms with Crippen molar-refractivity contribution in [2.45, 2.75) is 46.2 Å². The van der Waals surface area contributed by atoms with E-state index in [1.54, 1.807) is 0 Å². The summed E-state index contributed by atoms with van der Waals surface area (Å²) in [4.78, 5) is 18.8. The van der Waals surface area contributed by atoms with E-state index in [0.717, 1.165) is 34.0 Å². The van der Waals surface area contributed by atoms with Crippen molar-refractivity contribution in [3.05, 3.63) is 107 Å². The fourth-order valence-corrected chi connectivity index (χ4v) is 5.20. The Hall–Kier alpha value is -3.97. The molecule has 1 fully saturated rings. The molecule has 1 aliphatic rings. The van der Waals surface area contributed by atoms with E-state index in [-0.39, 0.29) is 18.0 Å². The minimum absolute atomic E-state index is 0.00600. The van der Waals surface area contributed by atoms with Crippen LogP contribution >= 0.6 is 12.2 Å².